The minimum atomic E-state index is -0.115. The van der Waals surface area contributed by atoms with Gasteiger partial charge in [0, 0.05) is 17.3 Å². The smallest absolute Gasteiger partial charge is 0.244 e. The lowest BCUT2D eigenvalue weighted by atomic mass is 10.1. The van der Waals surface area contributed by atoms with Gasteiger partial charge in [-0.05, 0) is 24.1 Å². The fourth-order valence-electron chi connectivity index (χ4n) is 1.61. The Balaban J connectivity index is 0.00000180. The molecule has 4 nitrogen and oxygen atoms in total. The maximum Gasteiger partial charge on any atom is 0.244 e. The molecule has 0 fully saturated rings. The molecule has 0 aliphatic carbocycles. The second-order valence-electron chi connectivity index (χ2n) is 3.93. The van der Waals surface area contributed by atoms with Crippen LogP contribution in [0.4, 0.5) is 5.69 Å². The molecule has 2 N–H and O–H groups in total. The van der Waals surface area contributed by atoms with Crippen molar-refractivity contribution in [3.63, 3.8) is 0 Å². The van der Waals surface area contributed by atoms with Crippen LogP contribution in [0.5, 0.6) is 0 Å². The Morgan fingerprint density at radius 1 is 1.37 bits per heavy atom. The largest absolute Gasteiger partial charge is 0.325 e. The minimum absolute atomic E-state index is 0. The van der Waals surface area contributed by atoms with Crippen LogP contribution in [0, 0.1) is 5.41 Å². The zero-order valence-electron chi connectivity index (χ0n) is 10.6. The van der Waals surface area contributed by atoms with E-state index in [1.54, 1.807) is 16.1 Å². The van der Waals surface area contributed by atoms with E-state index in [-0.39, 0.29) is 24.9 Å². The van der Waals surface area contributed by atoms with Gasteiger partial charge in [-0.3, -0.25) is 10.2 Å². The summed E-state index contributed by atoms with van der Waals surface area (Å²) in [6, 6.07) is 7.81. The lowest BCUT2D eigenvalue weighted by Crippen LogP contribution is -2.23. The van der Waals surface area contributed by atoms with Crippen molar-refractivity contribution in [2.75, 3.05) is 5.32 Å². The van der Waals surface area contributed by atoms with Crippen molar-refractivity contribution in [2.24, 2.45) is 0 Å². The molecule has 0 atom stereocenters. The molecule has 2 rings (SSSR count). The van der Waals surface area contributed by atoms with Gasteiger partial charge in [0.25, 0.3) is 0 Å². The van der Waals surface area contributed by atoms with Crippen LogP contribution in [-0.2, 0) is 17.8 Å². The van der Waals surface area contributed by atoms with Crippen molar-refractivity contribution in [1.82, 2.24) is 4.57 Å². The highest BCUT2D eigenvalue weighted by molar-refractivity contribution is 7.06. The average Bonchev–Trinajstić information content (AvgIpc) is 2.76. The zero-order valence-corrected chi connectivity index (χ0v) is 12.2. The maximum atomic E-state index is 11.8. The molecule has 19 heavy (non-hydrogen) atoms. The minimum Gasteiger partial charge on any atom is -0.325 e. The number of aromatic nitrogens is 1. The summed E-state index contributed by atoms with van der Waals surface area (Å²) in [6.45, 7) is 2.27. The number of nitrogens with zero attached hydrogens (tertiary/aromatic N) is 1. The van der Waals surface area contributed by atoms with Crippen molar-refractivity contribution in [3.8, 4) is 0 Å². The fourth-order valence-corrected chi connectivity index (χ4v) is 2.20. The number of thiazole rings is 1. The van der Waals surface area contributed by atoms with Gasteiger partial charge in [0.05, 0.1) is 0 Å². The van der Waals surface area contributed by atoms with Gasteiger partial charge < -0.3 is 9.88 Å². The first-order valence-electron chi connectivity index (χ1n) is 5.76. The van der Waals surface area contributed by atoms with Crippen LogP contribution < -0.4 is 10.1 Å². The Morgan fingerprint density at radius 3 is 2.58 bits per heavy atom. The molecule has 102 valence electrons. The summed E-state index contributed by atoms with van der Waals surface area (Å²) in [7, 11) is 0. The second kappa shape index (κ2) is 7.11. The highest BCUT2D eigenvalue weighted by atomic mass is 35.5. The summed E-state index contributed by atoms with van der Waals surface area (Å²) < 4.78 is 1.61. The Kier molecular flexibility index (Phi) is 5.79. The molecule has 1 aromatic heterocycles. The molecule has 6 heteroatoms. The van der Waals surface area contributed by atoms with E-state index in [2.05, 4.69) is 12.2 Å². The third-order valence-corrected chi connectivity index (χ3v) is 3.36. The number of anilines is 1. The predicted octanol–water partition coefficient (Wildman–Crippen LogP) is 2.65. The van der Waals surface area contributed by atoms with Crippen molar-refractivity contribution in [3.05, 3.63) is 46.2 Å². The molecule has 0 spiro atoms. The van der Waals surface area contributed by atoms with E-state index in [1.807, 2.05) is 24.3 Å². The number of carbonyl (C=O) groups is 1. The van der Waals surface area contributed by atoms with Crippen LogP contribution in [0.3, 0.4) is 0 Å². The number of aryl methyl sites for hydroxylation is 1. The van der Waals surface area contributed by atoms with E-state index in [0.29, 0.717) is 4.80 Å². The Labute approximate surface area is 122 Å². The quantitative estimate of drug-likeness (QED) is 0.895. The lowest BCUT2D eigenvalue weighted by molar-refractivity contribution is -0.116. The lowest BCUT2D eigenvalue weighted by Gasteiger charge is -2.06. The molecule has 0 unspecified atom stereocenters. The molecule has 0 aliphatic rings. The molecule has 0 bridgehead atoms. The molecular formula is C13H16ClN3OS. The van der Waals surface area contributed by atoms with Gasteiger partial charge in [-0.2, -0.15) is 0 Å². The molecule has 1 amide bonds. The van der Waals surface area contributed by atoms with Crippen LogP contribution in [0.15, 0.2) is 35.8 Å². The van der Waals surface area contributed by atoms with Gasteiger partial charge in [0.15, 0.2) is 4.80 Å². The van der Waals surface area contributed by atoms with E-state index in [0.717, 1.165) is 12.1 Å². The van der Waals surface area contributed by atoms with Crippen LogP contribution in [0.1, 0.15) is 12.5 Å². The molecule has 0 saturated carbocycles. The van der Waals surface area contributed by atoms with Gasteiger partial charge in [0.2, 0.25) is 5.91 Å². The zero-order chi connectivity index (χ0) is 13.0. The molecular weight excluding hydrogens is 282 g/mol. The summed E-state index contributed by atoms with van der Waals surface area (Å²) in [5.41, 5.74) is 2.04. The van der Waals surface area contributed by atoms with Crippen molar-refractivity contribution in [1.29, 1.82) is 5.41 Å². The van der Waals surface area contributed by atoms with Crippen LogP contribution in [0.2, 0.25) is 0 Å². The summed E-state index contributed by atoms with van der Waals surface area (Å²) in [5.74, 6) is -0.115. The maximum absolute atomic E-state index is 11.8. The van der Waals surface area contributed by atoms with Crippen molar-refractivity contribution < 1.29 is 4.79 Å². The summed E-state index contributed by atoms with van der Waals surface area (Å²) in [4.78, 5) is 12.2. The predicted molar refractivity (Wildman–Crippen MR) is 79.9 cm³/mol. The van der Waals surface area contributed by atoms with Gasteiger partial charge in [-0.15, -0.1) is 23.7 Å². The van der Waals surface area contributed by atoms with Gasteiger partial charge >= 0.3 is 0 Å². The monoisotopic (exact) mass is 297 g/mol. The van der Waals surface area contributed by atoms with E-state index in [4.69, 9.17) is 5.41 Å². The van der Waals surface area contributed by atoms with E-state index in [9.17, 15) is 4.79 Å². The number of hydrogen-bond acceptors (Lipinski definition) is 3. The van der Waals surface area contributed by atoms with Crippen LogP contribution >= 0.6 is 23.7 Å². The molecule has 0 saturated heterocycles. The number of amides is 1. The van der Waals surface area contributed by atoms with Gasteiger partial charge in [0.1, 0.15) is 6.54 Å². The van der Waals surface area contributed by atoms with E-state index in [1.165, 1.54) is 16.9 Å². The number of nitrogens with one attached hydrogen (secondary N) is 2. The number of benzene rings is 1. The van der Waals surface area contributed by atoms with Crippen LogP contribution in [0.25, 0.3) is 0 Å². The number of hydrogen-bond donors (Lipinski definition) is 2. The molecule has 2 aromatic rings. The van der Waals surface area contributed by atoms with Gasteiger partial charge in [-0.25, -0.2) is 0 Å². The number of halogens is 1. The molecule has 1 heterocycles. The first kappa shape index (κ1) is 15.5. The Morgan fingerprint density at radius 2 is 2.05 bits per heavy atom. The summed E-state index contributed by atoms with van der Waals surface area (Å²) in [5, 5.41) is 12.2. The SMILES string of the molecule is CCc1ccc(NC(=O)Cn2ccsc2=N)cc1.Cl. The van der Waals surface area contributed by atoms with Crippen molar-refractivity contribution >= 4 is 35.3 Å². The van der Waals surface area contributed by atoms with Gasteiger partial charge in [-0.1, -0.05) is 19.1 Å². The normalized spacial score (nSPS) is 9.74. The highest BCUT2D eigenvalue weighted by Crippen LogP contribution is 2.09. The standard InChI is InChI=1S/C13H15N3OS.ClH/c1-2-10-3-5-11(6-4-10)15-12(17)9-16-7-8-18-13(16)14;/h3-8,14H,2,9H2,1H3,(H,15,17);1H. The topological polar surface area (TPSA) is 57.9 Å². The Hall–Kier alpha value is -1.59. The average molecular weight is 298 g/mol. The first-order chi connectivity index (χ1) is 8.69. The number of carbonyl (C=O) groups excluding carboxylic acids is 1. The van der Waals surface area contributed by atoms with Crippen LogP contribution in [-0.4, -0.2) is 10.5 Å². The molecule has 0 aliphatic heterocycles. The highest BCUT2D eigenvalue weighted by Gasteiger charge is 2.04. The summed E-state index contributed by atoms with van der Waals surface area (Å²) >= 11 is 1.31. The Bertz CT molecular complexity index is 588. The van der Waals surface area contributed by atoms with E-state index < -0.39 is 0 Å². The number of rotatable bonds is 4. The first-order valence-corrected chi connectivity index (χ1v) is 6.64. The fraction of sp³-hybridized carbons (Fsp3) is 0.231. The second-order valence-corrected chi connectivity index (χ2v) is 4.83. The summed E-state index contributed by atoms with van der Waals surface area (Å²) in [6.07, 6.45) is 2.73. The third kappa shape index (κ3) is 4.22. The van der Waals surface area contributed by atoms with Crippen molar-refractivity contribution in [2.45, 2.75) is 19.9 Å². The molecule has 1 aromatic carbocycles. The van der Waals surface area contributed by atoms with E-state index >= 15 is 0 Å². The molecule has 0 radical (unpaired) electrons. The third-order valence-electron chi connectivity index (χ3n) is 2.64.